The van der Waals surface area contributed by atoms with Crippen LogP contribution in [0.5, 0.6) is 0 Å². The quantitative estimate of drug-likeness (QED) is 0.545. The van der Waals surface area contributed by atoms with Crippen LogP contribution in [0.2, 0.25) is 0 Å². The van der Waals surface area contributed by atoms with E-state index in [1.165, 1.54) is 6.92 Å². The number of rotatable bonds is 5. The lowest BCUT2D eigenvalue weighted by Crippen LogP contribution is -2.20. The van der Waals surface area contributed by atoms with Gasteiger partial charge in [0.1, 0.15) is 13.2 Å². The van der Waals surface area contributed by atoms with Gasteiger partial charge in [-0.2, -0.15) is 0 Å². The second-order valence-electron chi connectivity index (χ2n) is 1.94. The monoisotopic (exact) mass is 145 g/mol. The zero-order chi connectivity index (χ0) is 7.98. The van der Waals surface area contributed by atoms with E-state index in [-0.39, 0.29) is 31.3 Å². The maximum Gasteiger partial charge on any atom is 0.171 e. The molecule has 0 aromatic heterocycles. The summed E-state index contributed by atoms with van der Waals surface area (Å²) in [4.78, 5) is 20.7. The van der Waals surface area contributed by atoms with Crippen molar-refractivity contribution in [3.8, 4) is 0 Å². The maximum atomic E-state index is 10.4. The molecule has 2 N–H and O–H groups in total. The summed E-state index contributed by atoms with van der Waals surface area (Å²) >= 11 is 0. The highest BCUT2D eigenvalue weighted by Gasteiger charge is 1.98. The molecule has 0 amide bonds. The molecule has 0 saturated heterocycles. The minimum absolute atomic E-state index is 0.00819. The number of carbonyl (C=O) groups is 2. The normalized spacial score (nSPS) is 9.40. The summed E-state index contributed by atoms with van der Waals surface area (Å²) < 4.78 is 4.67. The van der Waals surface area contributed by atoms with Crippen molar-refractivity contribution < 1.29 is 14.3 Å². The zero-order valence-corrected chi connectivity index (χ0v) is 5.92. The van der Waals surface area contributed by atoms with E-state index in [9.17, 15) is 9.59 Å². The first kappa shape index (κ1) is 9.26. The Bertz CT molecular complexity index is 133. The van der Waals surface area contributed by atoms with Gasteiger partial charge in [-0.15, -0.1) is 0 Å². The molecule has 4 heteroatoms. The fourth-order valence-corrected chi connectivity index (χ4v) is 0.368. The van der Waals surface area contributed by atoms with Gasteiger partial charge >= 0.3 is 0 Å². The minimum Gasteiger partial charge on any atom is -0.366 e. The number of hydrogen-bond donors (Lipinski definition) is 1. The van der Waals surface area contributed by atoms with Crippen LogP contribution in [0.3, 0.4) is 0 Å². The van der Waals surface area contributed by atoms with E-state index in [0.717, 1.165) is 0 Å². The molecule has 0 bridgehead atoms. The van der Waals surface area contributed by atoms with E-state index >= 15 is 0 Å². The standard InChI is InChI=1S/C6H11NO3/c1-5(8)3-10-4-6(9)2-7/h2-4,7H2,1H3. The highest BCUT2D eigenvalue weighted by atomic mass is 16.5. The molecule has 0 atom stereocenters. The Labute approximate surface area is 59.3 Å². The Morgan fingerprint density at radius 2 is 2.00 bits per heavy atom. The van der Waals surface area contributed by atoms with E-state index in [0.29, 0.717) is 0 Å². The summed E-state index contributed by atoms with van der Waals surface area (Å²) in [5, 5.41) is 0. The van der Waals surface area contributed by atoms with Crippen molar-refractivity contribution in [1.82, 2.24) is 0 Å². The molecule has 0 heterocycles. The number of ether oxygens (including phenoxy) is 1. The number of hydrogen-bond acceptors (Lipinski definition) is 4. The van der Waals surface area contributed by atoms with Gasteiger partial charge in [-0.1, -0.05) is 0 Å². The van der Waals surface area contributed by atoms with Crippen LogP contribution in [-0.2, 0) is 14.3 Å². The molecule has 10 heavy (non-hydrogen) atoms. The van der Waals surface area contributed by atoms with E-state index in [4.69, 9.17) is 5.73 Å². The van der Waals surface area contributed by atoms with Gasteiger partial charge in [0.15, 0.2) is 11.6 Å². The van der Waals surface area contributed by atoms with Crippen LogP contribution in [-0.4, -0.2) is 31.3 Å². The number of Topliss-reactive ketones (excluding diaryl/α,β-unsaturated/α-hetero) is 2. The van der Waals surface area contributed by atoms with Crippen molar-refractivity contribution in [3.05, 3.63) is 0 Å². The van der Waals surface area contributed by atoms with Crippen molar-refractivity contribution in [2.75, 3.05) is 19.8 Å². The predicted molar refractivity (Wildman–Crippen MR) is 35.6 cm³/mol. The van der Waals surface area contributed by atoms with Crippen LogP contribution >= 0.6 is 0 Å². The molecule has 58 valence electrons. The molecule has 4 nitrogen and oxygen atoms in total. The third-order valence-corrected chi connectivity index (χ3v) is 0.796. The first-order chi connectivity index (χ1) is 4.66. The van der Waals surface area contributed by atoms with Crippen molar-refractivity contribution in [3.63, 3.8) is 0 Å². The summed E-state index contributed by atoms with van der Waals surface area (Å²) in [5.41, 5.74) is 4.97. The zero-order valence-electron chi connectivity index (χ0n) is 5.92. The molecule has 0 aliphatic rings. The maximum absolute atomic E-state index is 10.4. The Kier molecular flexibility index (Phi) is 4.70. The second kappa shape index (κ2) is 5.08. The summed E-state index contributed by atoms with van der Waals surface area (Å²) in [6.07, 6.45) is 0. The van der Waals surface area contributed by atoms with Crippen molar-refractivity contribution >= 4 is 11.6 Å². The average molecular weight is 145 g/mol. The first-order valence-electron chi connectivity index (χ1n) is 2.95. The predicted octanol–water partition coefficient (Wildman–Crippen LogP) is -0.880. The lowest BCUT2D eigenvalue weighted by Gasteiger charge is -1.97. The van der Waals surface area contributed by atoms with Gasteiger partial charge < -0.3 is 10.5 Å². The van der Waals surface area contributed by atoms with Gasteiger partial charge in [0.05, 0.1) is 6.54 Å². The highest BCUT2D eigenvalue weighted by Crippen LogP contribution is 1.76. The van der Waals surface area contributed by atoms with Crippen molar-refractivity contribution in [2.45, 2.75) is 6.92 Å². The van der Waals surface area contributed by atoms with Crippen LogP contribution in [0.4, 0.5) is 0 Å². The minimum atomic E-state index is -0.193. The van der Waals surface area contributed by atoms with Gasteiger partial charge in [0, 0.05) is 0 Å². The summed E-state index contributed by atoms with van der Waals surface area (Å²) in [5.74, 6) is -0.286. The summed E-state index contributed by atoms with van der Waals surface area (Å²) in [6, 6.07) is 0. The van der Waals surface area contributed by atoms with Gasteiger partial charge in [-0.3, -0.25) is 9.59 Å². The fraction of sp³-hybridized carbons (Fsp3) is 0.667. The molecule has 0 spiro atoms. The van der Waals surface area contributed by atoms with Crippen LogP contribution in [0.1, 0.15) is 6.92 Å². The Hall–Kier alpha value is -0.740. The second-order valence-corrected chi connectivity index (χ2v) is 1.94. The van der Waals surface area contributed by atoms with E-state index < -0.39 is 0 Å². The van der Waals surface area contributed by atoms with Gasteiger partial charge in [-0.25, -0.2) is 0 Å². The summed E-state index contributed by atoms with van der Waals surface area (Å²) in [6.45, 7) is 1.30. The van der Waals surface area contributed by atoms with E-state index in [1.54, 1.807) is 0 Å². The van der Waals surface area contributed by atoms with Crippen LogP contribution in [0.15, 0.2) is 0 Å². The molecule has 0 aliphatic heterocycles. The van der Waals surface area contributed by atoms with Crippen molar-refractivity contribution in [1.29, 1.82) is 0 Å². The molecule has 0 saturated carbocycles. The van der Waals surface area contributed by atoms with E-state index in [1.807, 2.05) is 0 Å². The van der Waals surface area contributed by atoms with Crippen LogP contribution < -0.4 is 5.73 Å². The first-order valence-corrected chi connectivity index (χ1v) is 2.95. The third kappa shape index (κ3) is 5.40. The lowest BCUT2D eigenvalue weighted by molar-refractivity contribution is -0.126. The SMILES string of the molecule is CC(=O)COCC(=O)CN. The number of carbonyl (C=O) groups excluding carboxylic acids is 2. The number of ketones is 2. The molecular formula is C6H11NO3. The van der Waals surface area contributed by atoms with E-state index in [2.05, 4.69) is 4.74 Å². The molecule has 0 radical (unpaired) electrons. The Morgan fingerprint density at radius 3 is 2.40 bits per heavy atom. The Balaban J connectivity index is 3.20. The van der Waals surface area contributed by atoms with Crippen molar-refractivity contribution in [2.24, 2.45) is 5.73 Å². The molecule has 0 fully saturated rings. The molecule has 0 aromatic carbocycles. The molecule has 0 rings (SSSR count). The van der Waals surface area contributed by atoms with Crippen LogP contribution in [0.25, 0.3) is 0 Å². The third-order valence-electron chi connectivity index (χ3n) is 0.796. The highest BCUT2D eigenvalue weighted by molar-refractivity contribution is 5.82. The topological polar surface area (TPSA) is 69.4 Å². The fourth-order valence-electron chi connectivity index (χ4n) is 0.368. The lowest BCUT2D eigenvalue weighted by atomic mass is 10.4. The summed E-state index contributed by atoms with van der Waals surface area (Å²) in [7, 11) is 0. The molecule has 0 aromatic rings. The number of nitrogens with two attached hydrogens (primary N) is 1. The smallest absolute Gasteiger partial charge is 0.171 e. The Morgan fingerprint density at radius 1 is 1.40 bits per heavy atom. The molecule has 0 aliphatic carbocycles. The molecular weight excluding hydrogens is 134 g/mol. The van der Waals surface area contributed by atoms with Gasteiger partial charge in [0.2, 0.25) is 0 Å². The largest absolute Gasteiger partial charge is 0.366 e. The van der Waals surface area contributed by atoms with Gasteiger partial charge in [-0.05, 0) is 6.92 Å². The van der Waals surface area contributed by atoms with Crippen LogP contribution in [0, 0.1) is 0 Å². The molecule has 0 unspecified atom stereocenters. The van der Waals surface area contributed by atoms with Gasteiger partial charge in [0.25, 0.3) is 0 Å². The average Bonchev–Trinajstić information content (AvgIpc) is 1.87.